The van der Waals surface area contributed by atoms with Crippen molar-refractivity contribution in [3.05, 3.63) is 278 Å². The highest BCUT2D eigenvalue weighted by atomic mass is 32.1. The number of anilines is 6. The van der Waals surface area contributed by atoms with Crippen LogP contribution in [0.15, 0.2) is 267 Å². The molecule has 0 aliphatic heterocycles. The third-order valence-corrected chi connectivity index (χ3v) is 19.1. The molecule has 0 saturated carbocycles. The molecule has 372 valence electrons. The van der Waals surface area contributed by atoms with E-state index in [4.69, 9.17) is 0 Å². The molecule has 2 heterocycles. The van der Waals surface area contributed by atoms with Gasteiger partial charge in [0, 0.05) is 59.1 Å². The molecule has 79 heavy (non-hydrogen) atoms. The number of benzene rings is 13. The Morgan fingerprint density at radius 2 is 0.772 bits per heavy atom. The van der Waals surface area contributed by atoms with E-state index in [0.717, 1.165) is 22.7 Å². The Hall–Kier alpha value is -9.32. The maximum atomic E-state index is 2.49. The van der Waals surface area contributed by atoms with Gasteiger partial charge in [-0.25, -0.2) is 0 Å². The van der Waals surface area contributed by atoms with Crippen molar-refractivity contribution < 1.29 is 0 Å². The van der Waals surface area contributed by atoms with Gasteiger partial charge in [0.25, 0.3) is 0 Å². The standard InChI is InChI=1S/C75H50N2S2/c1-75(2)66-46-52-41-49(47-19-15-25-55(42-47)76(53-21-5-3-6-22-53)67-33-17-31-62-58-28-11-13-35-69(58)78-73(62)67)37-38-51(52)45-65(66)71-60-30-10-9-27-57(60)64-44-50(39-40-61(64)72(71)75)48-20-16-26-56(43-48)77(54-23-7-4-8-24-54)68-34-18-32-63-59-29-12-14-36-70(59)79-74(63)68/h3-46H,1-2H3. The van der Waals surface area contributed by atoms with Crippen LogP contribution in [0.25, 0.3) is 106 Å². The molecule has 15 aromatic rings. The van der Waals surface area contributed by atoms with E-state index in [1.54, 1.807) is 0 Å². The summed E-state index contributed by atoms with van der Waals surface area (Å²) in [5.74, 6) is 0. The Balaban J connectivity index is 0.790. The van der Waals surface area contributed by atoms with E-state index in [1.165, 1.54) is 129 Å². The minimum Gasteiger partial charge on any atom is -0.309 e. The summed E-state index contributed by atoms with van der Waals surface area (Å²) in [5, 5.41) is 12.9. The molecule has 0 amide bonds. The van der Waals surface area contributed by atoms with Crippen molar-refractivity contribution in [1.82, 2.24) is 0 Å². The van der Waals surface area contributed by atoms with Crippen LogP contribution in [0.1, 0.15) is 25.0 Å². The summed E-state index contributed by atoms with van der Waals surface area (Å²) < 4.78 is 5.18. The molecule has 0 radical (unpaired) electrons. The minimum atomic E-state index is -0.258. The first-order valence-electron chi connectivity index (χ1n) is 27.2. The molecule has 13 aromatic carbocycles. The van der Waals surface area contributed by atoms with Gasteiger partial charge >= 0.3 is 0 Å². The van der Waals surface area contributed by atoms with E-state index in [0.29, 0.717) is 0 Å². The fourth-order valence-corrected chi connectivity index (χ4v) is 15.5. The SMILES string of the molecule is CC1(C)c2cc3cc(-c4cccc(N(c5ccccc5)c5cccc6c5sc5ccccc56)c4)ccc3cc2-c2c1c1ccc(-c3cccc(N(c4ccccc4)c4cccc5c4sc4ccccc45)c3)cc1c1ccccc21. The number of fused-ring (bicyclic) bond motifs is 15. The van der Waals surface area contributed by atoms with Crippen LogP contribution in [0.4, 0.5) is 34.1 Å². The van der Waals surface area contributed by atoms with E-state index in [1.807, 2.05) is 22.7 Å². The normalized spacial score (nSPS) is 12.8. The zero-order chi connectivity index (χ0) is 52.3. The minimum absolute atomic E-state index is 0.258. The summed E-state index contributed by atoms with van der Waals surface area (Å²) in [6.45, 7) is 4.88. The van der Waals surface area contributed by atoms with Gasteiger partial charge in [-0.05, 0) is 174 Å². The highest BCUT2D eigenvalue weighted by molar-refractivity contribution is 7.26. The lowest BCUT2D eigenvalue weighted by Gasteiger charge is -2.27. The van der Waals surface area contributed by atoms with Gasteiger partial charge < -0.3 is 9.80 Å². The Morgan fingerprint density at radius 3 is 1.37 bits per heavy atom. The maximum Gasteiger partial charge on any atom is 0.0640 e. The average molecular weight is 1040 g/mol. The second-order valence-electron chi connectivity index (χ2n) is 21.6. The summed E-state index contributed by atoms with van der Waals surface area (Å²) in [7, 11) is 0. The van der Waals surface area contributed by atoms with E-state index >= 15 is 0 Å². The van der Waals surface area contributed by atoms with Gasteiger partial charge in [0.2, 0.25) is 0 Å². The summed E-state index contributed by atoms with van der Waals surface area (Å²) >= 11 is 3.74. The molecule has 0 fully saturated rings. The molecule has 0 atom stereocenters. The van der Waals surface area contributed by atoms with Crippen LogP contribution in [0.3, 0.4) is 0 Å². The lowest BCUT2D eigenvalue weighted by atomic mass is 9.78. The summed E-state index contributed by atoms with van der Waals surface area (Å²) in [6.07, 6.45) is 0. The molecule has 0 unspecified atom stereocenters. The maximum absolute atomic E-state index is 2.49. The molecule has 4 heteroatoms. The van der Waals surface area contributed by atoms with Crippen LogP contribution in [0, 0.1) is 0 Å². The van der Waals surface area contributed by atoms with E-state index in [9.17, 15) is 0 Å². The summed E-state index contributed by atoms with van der Waals surface area (Å²) in [5.41, 5.74) is 16.9. The van der Waals surface area contributed by atoms with Crippen molar-refractivity contribution in [1.29, 1.82) is 0 Å². The molecule has 0 saturated heterocycles. The fourth-order valence-electron chi connectivity index (χ4n) is 13.1. The second-order valence-corrected chi connectivity index (χ2v) is 23.7. The second kappa shape index (κ2) is 17.9. The Kier molecular flexibility index (Phi) is 10.4. The zero-order valence-corrected chi connectivity index (χ0v) is 45.2. The van der Waals surface area contributed by atoms with Gasteiger partial charge in [0.05, 0.1) is 20.8 Å². The highest BCUT2D eigenvalue weighted by Crippen LogP contribution is 2.56. The lowest BCUT2D eigenvalue weighted by molar-refractivity contribution is 0.667. The average Bonchev–Trinajstić information content (AvgIpc) is 4.34. The van der Waals surface area contributed by atoms with Crippen molar-refractivity contribution in [2.75, 3.05) is 9.80 Å². The highest BCUT2D eigenvalue weighted by Gasteiger charge is 2.39. The topological polar surface area (TPSA) is 6.48 Å². The van der Waals surface area contributed by atoms with Gasteiger partial charge in [-0.2, -0.15) is 0 Å². The molecule has 1 aliphatic rings. The van der Waals surface area contributed by atoms with Crippen LogP contribution in [0.5, 0.6) is 0 Å². The van der Waals surface area contributed by atoms with Crippen LogP contribution in [-0.4, -0.2) is 0 Å². The Bertz CT molecular complexity index is 4950. The van der Waals surface area contributed by atoms with Gasteiger partial charge in [-0.15, -0.1) is 22.7 Å². The first-order valence-corrected chi connectivity index (χ1v) is 28.9. The molecular weight excluding hydrogens is 993 g/mol. The van der Waals surface area contributed by atoms with E-state index < -0.39 is 0 Å². The molecule has 0 spiro atoms. The third kappa shape index (κ3) is 7.22. The van der Waals surface area contributed by atoms with Gasteiger partial charge in [0.15, 0.2) is 0 Å². The van der Waals surface area contributed by atoms with Crippen molar-refractivity contribution in [3.8, 4) is 33.4 Å². The van der Waals surface area contributed by atoms with Crippen molar-refractivity contribution in [2.45, 2.75) is 19.3 Å². The first-order chi connectivity index (χ1) is 38.9. The van der Waals surface area contributed by atoms with E-state index in [2.05, 4.69) is 291 Å². The molecule has 16 rings (SSSR count). The molecule has 0 bridgehead atoms. The molecule has 1 aliphatic carbocycles. The fraction of sp³-hybridized carbons (Fsp3) is 0.0400. The number of hydrogen-bond acceptors (Lipinski definition) is 4. The summed E-state index contributed by atoms with van der Waals surface area (Å²) in [6, 6.07) is 99.2. The molecular formula is C75H50N2S2. The Labute approximate surface area is 466 Å². The molecule has 2 nitrogen and oxygen atoms in total. The molecule has 2 aromatic heterocycles. The van der Waals surface area contributed by atoms with Crippen molar-refractivity contribution in [3.63, 3.8) is 0 Å². The number of nitrogens with zero attached hydrogens (tertiary/aromatic N) is 2. The zero-order valence-electron chi connectivity index (χ0n) is 43.6. The van der Waals surface area contributed by atoms with Crippen molar-refractivity contribution >= 4 is 129 Å². The van der Waals surface area contributed by atoms with E-state index in [-0.39, 0.29) is 5.41 Å². The van der Waals surface area contributed by atoms with Crippen LogP contribution >= 0.6 is 22.7 Å². The predicted molar refractivity (Wildman–Crippen MR) is 343 cm³/mol. The van der Waals surface area contributed by atoms with Crippen LogP contribution in [0.2, 0.25) is 0 Å². The van der Waals surface area contributed by atoms with Gasteiger partial charge in [-0.3, -0.25) is 0 Å². The third-order valence-electron chi connectivity index (χ3n) is 16.7. The number of thiophene rings is 2. The molecule has 0 N–H and O–H groups in total. The Morgan fingerprint density at radius 1 is 0.304 bits per heavy atom. The van der Waals surface area contributed by atoms with Gasteiger partial charge in [0.1, 0.15) is 0 Å². The quantitative estimate of drug-likeness (QED) is 0.140. The number of rotatable bonds is 8. The van der Waals surface area contributed by atoms with Crippen LogP contribution in [-0.2, 0) is 5.41 Å². The smallest absolute Gasteiger partial charge is 0.0640 e. The largest absolute Gasteiger partial charge is 0.309 e. The monoisotopic (exact) mass is 1040 g/mol. The van der Waals surface area contributed by atoms with Gasteiger partial charge in [-0.1, -0.05) is 184 Å². The predicted octanol–water partition coefficient (Wildman–Crippen LogP) is 22.5. The van der Waals surface area contributed by atoms with Crippen LogP contribution < -0.4 is 9.80 Å². The first kappa shape index (κ1) is 45.8. The van der Waals surface area contributed by atoms with Crippen molar-refractivity contribution in [2.24, 2.45) is 0 Å². The number of para-hydroxylation sites is 2. The summed E-state index contributed by atoms with van der Waals surface area (Å²) in [4.78, 5) is 4.86. The number of hydrogen-bond donors (Lipinski definition) is 0. The lowest BCUT2D eigenvalue weighted by Crippen LogP contribution is -2.15.